The molecule has 2 aromatic heterocycles. The van der Waals surface area contributed by atoms with Crippen LogP contribution < -0.4 is 0 Å². The van der Waals surface area contributed by atoms with Gasteiger partial charge in [0.1, 0.15) is 6.10 Å². The van der Waals surface area contributed by atoms with Crippen LogP contribution >= 0.6 is 0 Å². The summed E-state index contributed by atoms with van der Waals surface area (Å²) < 4.78 is 3.51. The molecule has 1 atom stereocenters. The van der Waals surface area contributed by atoms with E-state index in [9.17, 15) is 5.11 Å². The molecule has 1 unspecified atom stereocenters. The normalized spacial score (nSPS) is 12.9. The number of hydrogen-bond donors (Lipinski definition) is 1. The van der Waals surface area contributed by atoms with Crippen molar-refractivity contribution in [1.82, 2.24) is 24.8 Å². The van der Waals surface area contributed by atoms with E-state index in [1.807, 2.05) is 13.1 Å². The molecule has 0 saturated heterocycles. The number of aliphatic hydroxyl groups is 1. The third kappa shape index (κ3) is 2.36. The molecule has 6 nitrogen and oxygen atoms in total. The van der Waals surface area contributed by atoms with Gasteiger partial charge in [0.05, 0.1) is 18.1 Å². The number of aliphatic hydroxyl groups excluding tert-OH is 1. The Hall–Kier alpha value is -1.69. The van der Waals surface area contributed by atoms with E-state index < -0.39 is 6.10 Å². The highest BCUT2D eigenvalue weighted by Gasteiger charge is 2.17. The maximum Gasteiger partial charge on any atom is 0.125 e. The molecule has 0 amide bonds. The van der Waals surface area contributed by atoms with Gasteiger partial charge in [0, 0.05) is 24.8 Å². The fourth-order valence-corrected chi connectivity index (χ4v) is 1.73. The topological polar surface area (TPSA) is 68.8 Å². The zero-order valence-electron chi connectivity index (χ0n) is 10.1. The molecular formula is C11H17N5O. The Morgan fingerprint density at radius 2 is 2.18 bits per heavy atom. The zero-order valence-corrected chi connectivity index (χ0v) is 10.1. The van der Waals surface area contributed by atoms with Crippen LogP contribution in [0.1, 0.15) is 37.6 Å². The molecule has 0 aromatic carbocycles. The number of nitrogens with zero attached hydrogens (tertiary/aromatic N) is 5. The average Bonchev–Trinajstić information content (AvgIpc) is 2.97. The van der Waals surface area contributed by atoms with Crippen LogP contribution in [0.15, 0.2) is 18.6 Å². The molecule has 2 heterocycles. The summed E-state index contributed by atoms with van der Waals surface area (Å²) >= 11 is 0. The van der Waals surface area contributed by atoms with E-state index in [4.69, 9.17) is 0 Å². The van der Waals surface area contributed by atoms with Crippen molar-refractivity contribution in [2.24, 2.45) is 0 Å². The lowest BCUT2D eigenvalue weighted by molar-refractivity contribution is 0.207. The first-order valence-electron chi connectivity index (χ1n) is 5.85. The monoisotopic (exact) mass is 235 g/mol. The SMILES string of the molecule is CCCn1nncc1C(O)c1cnn(CC)c1. The fourth-order valence-electron chi connectivity index (χ4n) is 1.73. The summed E-state index contributed by atoms with van der Waals surface area (Å²) in [5.74, 6) is 0. The van der Waals surface area contributed by atoms with Crippen molar-refractivity contribution >= 4 is 0 Å². The van der Waals surface area contributed by atoms with Gasteiger partial charge < -0.3 is 5.11 Å². The zero-order chi connectivity index (χ0) is 12.3. The van der Waals surface area contributed by atoms with Crippen LogP contribution in [0.3, 0.4) is 0 Å². The first-order chi connectivity index (χ1) is 8.26. The third-order valence-corrected chi connectivity index (χ3v) is 2.66. The largest absolute Gasteiger partial charge is 0.382 e. The van der Waals surface area contributed by atoms with E-state index in [0.29, 0.717) is 5.69 Å². The maximum atomic E-state index is 10.2. The molecule has 0 aliphatic heterocycles. The van der Waals surface area contributed by atoms with Gasteiger partial charge >= 0.3 is 0 Å². The number of aromatic nitrogens is 5. The van der Waals surface area contributed by atoms with Gasteiger partial charge in [-0.3, -0.25) is 4.68 Å². The summed E-state index contributed by atoms with van der Waals surface area (Å²) in [6.45, 7) is 5.62. The maximum absolute atomic E-state index is 10.2. The molecular weight excluding hydrogens is 218 g/mol. The minimum Gasteiger partial charge on any atom is -0.382 e. The summed E-state index contributed by atoms with van der Waals surface area (Å²) in [6, 6.07) is 0. The standard InChI is InChI=1S/C11H17N5O/c1-3-5-16-10(7-12-14-16)11(17)9-6-13-15(4-2)8-9/h6-8,11,17H,3-5H2,1-2H3. The molecule has 0 fully saturated rings. The van der Waals surface area contributed by atoms with E-state index >= 15 is 0 Å². The summed E-state index contributed by atoms with van der Waals surface area (Å²) in [7, 11) is 0. The van der Waals surface area contributed by atoms with E-state index in [1.165, 1.54) is 0 Å². The predicted molar refractivity (Wildman–Crippen MR) is 62.3 cm³/mol. The quantitative estimate of drug-likeness (QED) is 0.839. The molecule has 0 spiro atoms. The lowest BCUT2D eigenvalue weighted by Gasteiger charge is -2.09. The number of aryl methyl sites for hydroxylation is 2. The van der Waals surface area contributed by atoms with Crippen LogP contribution in [0, 0.1) is 0 Å². The molecule has 0 radical (unpaired) electrons. The van der Waals surface area contributed by atoms with Gasteiger partial charge in [-0.1, -0.05) is 12.1 Å². The van der Waals surface area contributed by atoms with Crippen LogP contribution in [-0.4, -0.2) is 29.9 Å². The first-order valence-corrected chi connectivity index (χ1v) is 5.85. The van der Waals surface area contributed by atoms with Crippen molar-refractivity contribution in [3.05, 3.63) is 29.8 Å². The Kier molecular flexibility index (Phi) is 3.53. The Labute approximate surface area is 99.9 Å². The lowest BCUT2D eigenvalue weighted by atomic mass is 10.1. The Balaban J connectivity index is 2.23. The van der Waals surface area contributed by atoms with Crippen molar-refractivity contribution in [2.75, 3.05) is 0 Å². The van der Waals surface area contributed by atoms with Crippen molar-refractivity contribution in [1.29, 1.82) is 0 Å². The minimum atomic E-state index is -0.711. The average molecular weight is 235 g/mol. The molecule has 0 saturated carbocycles. The second-order valence-corrected chi connectivity index (χ2v) is 3.91. The van der Waals surface area contributed by atoms with E-state index in [1.54, 1.807) is 21.8 Å². The summed E-state index contributed by atoms with van der Waals surface area (Å²) in [5.41, 5.74) is 1.48. The molecule has 0 aliphatic carbocycles. The summed E-state index contributed by atoms with van der Waals surface area (Å²) in [4.78, 5) is 0. The second-order valence-electron chi connectivity index (χ2n) is 3.91. The van der Waals surface area contributed by atoms with Crippen LogP contribution in [-0.2, 0) is 13.1 Å². The third-order valence-electron chi connectivity index (χ3n) is 2.66. The molecule has 0 bridgehead atoms. The van der Waals surface area contributed by atoms with Crippen molar-refractivity contribution in [2.45, 2.75) is 39.5 Å². The molecule has 17 heavy (non-hydrogen) atoms. The smallest absolute Gasteiger partial charge is 0.125 e. The molecule has 0 aliphatic rings. The van der Waals surface area contributed by atoms with Crippen molar-refractivity contribution < 1.29 is 5.11 Å². The van der Waals surface area contributed by atoms with Gasteiger partial charge in [0.2, 0.25) is 0 Å². The Morgan fingerprint density at radius 3 is 2.82 bits per heavy atom. The summed E-state index contributed by atoms with van der Waals surface area (Å²) in [5, 5.41) is 22.2. The highest BCUT2D eigenvalue weighted by Crippen LogP contribution is 2.20. The molecule has 92 valence electrons. The van der Waals surface area contributed by atoms with E-state index in [2.05, 4.69) is 22.3 Å². The fraction of sp³-hybridized carbons (Fsp3) is 0.545. The van der Waals surface area contributed by atoms with Crippen LogP contribution in [0.25, 0.3) is 0 Å². The van der Waals surface area contributed by atoms with Gasteiger partial charge in [0.25, 0.3) is 0 Å². The van der Waals surface area contributed by atoms with E-state index in [-0.39, 0.29) is 0 Å². The van der Waals surface area contributed by atoms with Crippen LogP contribution in [0.2, 0.25) is 0 Å². The highest BCUT2D eigenvalue weighted by atomic mass is 16.3. The molecule has 2 rings (SSSR count). The number of rotatable bonds is 5. The predicted octanol–water partition coefficient (Wildman–Crippen LogP) is 0.986. The molecule has 2 aromatic rings. The molecule has 1 N–H and O–H groups in total. The van der Waals surface area contributed by atoms with E-state index in [0.717, 1.165) is 25.1 Å². The molecule has 6 heteroatoms. The second kappa shape index (κ2) is 5.09. The summed E-state index contributed by atoms with van der Waals surface area (Å²) in [6.07, 6.45) is 5.36. The van der Waals surface area contributed by atoms with Gasteiger partial charge in [-0.15, -0.1) is 5.10 Å². The highest BCUT2D eigenvalue weighted by molar-refractivity contribution is 5.19. The first kappa shape index (κ1) is 11.8. The van der Waals surface area contributed by atoms with Crippen LogP contribution in [0.4, 0.5) is 0 Å². The van der Waals surface area contributed by atoms with Crippen molar-refractivity contribution in [3.8, 4) is 0 Å². The van der Waals surface area contributed by atoms with Crippen LogP contribution in [0.5, 0.6) is 0 Å². The minimum absolute atomic E-state index is 0.711. The van der Waals surface area contributed by atoms with Gasteiger partial charge in [-0.05, 0) is 13.3 Å². The number of hydrogen-bond acceptors (Lipinski definition) is 4. The lowest BCUT2D eigenvalue weighted by Crippen LogP contribution is -2.09. The van der Waals surface area contributed by atoms with Crippen molar-refractivity contribution in [3.63, 3.8) is 0 Å². The van der Waals surface area contributed by atoms with Gasteiger partial charge in [-0.2, -0.15) is 5.10 Å². The van der Waals surface area contributed by atoms with Gasteiger partial charge in [0.15, 0.2) is 0 Å². The van der Waals surface area contributed by atoms with Gasteiger partial charge in [-0.25, -0.2) is 4.68 Å². The Morgan fingerprint density at radius 1 is 1.35 bits per heavy atom. The Bertz CT molecular complexity index is 476.